The van der Waals surface area contributed by atoms with Gasteiger partial charge in [0.05, 0.1) is 0 Å². The predicted molar refractivity (Wildman–Crippen MR) is 95.6 cm³/mol. The van der Waals surface area contributed by atoms with Crippen LogP contribution in [-0.2, 0) is 14.3 Å². The molecule has 0 aromatic heterocycles. The average Bonchev–Trinajstić information content (AvgIpc) is 2.75. The molecule has 2 rings (SSSR count). The van der Waals surface area contributed by atoms with E-state index in [1.54, 1.807) is 6.92 Å². The van der Waals surface area contributed by atoms with Gasteiger partial charge in [0.2, 0.25) is 11.7 Å². The maximum absolute atomic E-state index is 12.6. The van der Waals surface area contributed by atoms with Gasteiger partial charge in [0.25, 0.3) is 0 Å². The summed E-state index contributed by atoms with van der Waals surface area (Å²) in [5, 5.41) is 0. The molecule has 25 heavy (non-hydrogen) atoms. The van der Waals surface area contributed by atoms with Crippen molar-refractivity contribution in [3.8, 4) is 0 Å². The molecule has 0 saturated carbocycles. The summed E-state index contributed by atoms with van der Waals surface area (Å²) in [4.78, 5) is 38.3. The zero-order valence-corrected chi connectivity index (χ0v) is 15.6. The van der Waals surface area contributed by atoms with Crippen LogP contribution < -0.4 is 0 Å². The molecule has 1 saturated heterocycles. The first-order chi connectivity index (χ1) is 11.8. The van der Waals surface area contributed by atoms with E-state index in [1.807, 2.05) is 32.9 Å². The van der Waals surface area contributed by atoms with Crippen LogP contribution in [0.15, 0.2) is 12.1 Å². The van der Waals surface area contributed by atoms with Crippen LogP contribution in [0.25, 0.3) is 0 Å². The highest BCUT2D eigenvalue weighted by Gasteiger charge is 2.24. The molecular formula is C20H27NO4. The lowest BCUT2D eigenvalue weighted by molar-refractivity contribution is -0.151. The summed E-state index contributed by atoms with van der Waals surface area (Å²) >= 11 is 0. The fraction of sp³-hybridized carbons (Fsp3) is 0.550. The number of hydrogen-bond acceptors (Lipinski definition) is 4. The highest BCUT2D eigenvalue weighted by atomic mass is 16.5. The van der Waals surface area contributed by atoms with Crippen molar-refractivity contribution in [2.45, 2.75) is 59.5 Å². The maximum Gasteiger partial charge on any atom is 0.326 e. The van der Waals surface area contributed by atoms with Gasteiger partial charge in [-0.1, -0.05) is 12.5 Å². The van der Waals surface area contributed by atoms with Crippen LogP contribution in [0.1, 0.15) is 59.7 Å². The van der Waals surface area contributed by atoms with E-state index in [0.29, 0.717) is 18.5 Å². The third-order valence-corrected chi connectivity index (χ3v) is 4.77. The first kappa shape index (κ1) is 19.2. The standard InChI is InChI=1S/C20H27NO4/c1-13-10-15(3)17(11-14(13)2)20(24)16(4)25-19(23)12-21-9-7-5-6-8-18(21)22/h10-11,16H,5-9,12H2,1-4H3/t16-/m1/s1. The van der Waals surface area contributed by atoms with Gasteiger partial charge in [-0.25, -0.2) is 0 Å². The molecule has 0 N–H and O–H groups in total. The van der Waals surface area contributed by atoms with Crippen molar-refractivity contribution >= 4 is 17.7 Å². The highest BCUT2D eigenvalue weighted by molar-refractivity contribution is 6.01. The van der Waals surface area contributed by atoms with E-state index in [-0.39, 0.29) is 18.2 Å². The number of Topliss-reactive ketones (excluding diaryl/α,β-unsaturated/α-hetero) is 1. The molecule has 1 aromatic carbocycles. The topological polar surface area (TPSA) is 63.7 Å². The first-order valence-electron chi connectivity index (χ1n) is 8.89. The Hall–Kier alpha value is -2.17. The Kier molecular flexibility index (Phi) is 6.34. The van der Waals surface area contributed by atoms with E-state index in [9.17, 15) is 14.4 Å². The van der Waals surface area contributed by atoms with Gasteiger partial charge in [-0.2, -0.15) is 0 Å². The molecule has 0 aliphatic carbocycles. The number of likely N-dealkylation sites (tertiary alicyclic amines) is 1. The van der Waals surface area contributed by atoms with Crippen LogP contribution in [0.2, 0.25) is 0 Å². The number of ketones is 1. The Morgan fingerprint density at radius 3 is 2.48 bits per heavy atom. The van der Waals surface area contributed by atoms with Crippen LogP contribution in [0, 0.1) is 20.8 Å². The molecule has 1 amide bonds. The van der Waals surface area contributed by atoms with E-state index in [4.69, 9.17) is 4.74 Å². The number of rotatable bonds is 5. The largest absolute Gasteiger partial charge is 0.453 e. The number of amides is 1. The van der Waals surface area contributed by atoms with Crippen molar-refractivity contribution in [1.29, 1.82) is 0 Å². The van der Waals surface area contributed by atoms with Gasteiger partial charge in [0, 0.05) is 18.5 Å². The second-order valence-electron chi connectivity index (χ2n) is 6.87. The molecular weight excluding hydrogens is 318 g/mol. The number of carbonyl (C=O) groups excluding carboxylic acids is 3. The molecule has 5 heteroatoms. The molecule has 5 nitrogen and oxygen atoms in total. The molecule has 1 aliphatic rings. The van der Waals surface area contributed by atoms with Crippen molar-refractivity contribution in [3.63, 3.8) is 0 Å². The monoisotopic (exact) mass is 345 g/mol. The second-order valence-corrected chi connectivity index (χ2v) is 6.87. The fourth-order valence-electron chi connectivity index (χ4n) is 3.09. The van der Waals surface area contributed by atoms with E-state index in [1.165, 1.54) is 4.90 Å². The van der Waals surface area contributed by atoms with E-state index in [0.717, 1.165) is 36.0 Å². The molecule has 136 valence electrons. The summed E-state index contributed by atoms with van der Waals surface area (Å²) in [6, 6.07) is 3.81. The van der Waals surface area contributed by atoms with Gasteiger partial charge in [-0.3, -0.25) is 14.4 Å². The summed E-state index contributed by atoms with van der Waals surface area (Å²) in [7, 11) is 0. The van der Waals surface area contributed by atoms with Gasteiger partial charge in [0.15, 0.2) is 6.10 Å². The van der Waals surface area contributed by atoms with E-state index in [2.05, 4.69) is 0 Å². The lowest BCUT2D eigenvalue weighted by Crippen LogP contribution is -2.38. The maximum atomic E-state index is 12.6. The van der Waals surface area contributed by atoms with Crippen LogP contribution >= 0.6 is 0 Å². The van der Waals surface area contributed by atoms with Crippen LogP contribution in [-0.4, -0.2) is 41.8 Å². The Bertz CT molecular complexity index is 681. The van der Waals surface area contributed by atoms with Crippen LogP contribution in [0.3, 0.4) is 0 Å². The van der Waals surface area contributed by atoms with Crippen molar-refractivity contribution in [1.82, 2.24) is 4.90 Å². The minimum absolute atomic E-state index is 0.0153. The van der Waals surface area contributed by atoms with Crippen LogP contribution in [0.5, 0.6) is 0 Å². The summed E-state index contributed by atoms with van der Waals surface area (Å²) in [6.07, 6.45) is 2.37. The second kappa shape index (κ2) is 8.28. The molecule has 1 heterocycles. The van der Waals surface area contributed by atoms with Crippen molar-refractivity contribution in [3.05, 3.63) is 34.4 Å². The summed E-state index contributed by atoms with van der Waals surface area (Å²) in [6.45, 7) is 7.91. The lowest BCUT2D eigenvalue weighted by atomic mass is 9.96. The third-order valence-electron chi connectivity index (χ3n) is 4.77. The summed E-state index contributed by atoms with van der Waals surface area (Å²) < 4.78 is 5.30. The zero-order valence-electron chi connectivity index (χ0n) is 15.6. The number of hydrogen-bond donors (Lipinski definition) is 0. The van der Waals surface area contributed by atoms with E-state index >= 15 is 0 Å². The lowest BCUT2D eigenvalue weighted by Gasteiger charge is -2.21. The summed E-state index contributed by atoms with van der Waals surface area (Å²) in [5.41, 5.74) is 3.61. The Morgan fingerprint density at radius 2 is 1.76 bits per heavy atom. The SMILES string of the molecule is Cc1cc(C)c(C(=O)[C@@H](C)OC(=O)CN2CCCCCC2=O)cc1C. The quantitative estimate of drug-likeness (QED) is 0.607. The average molecular weight is 345 g/mol. The van der Waals surface area contributed by atoms with E-state index < -0.39 is 12.1 Å². The van der Waals surface area contributed by atoms with Gasteiger partial charge >= 0.3 is 5.97 Å². The van der Waals surface area contributed by atoms with Gasteiger partial charge in [-0.05, 0) is 63.3 Å². The molecule has 1 aliphatic heterocycles. The Morgan fingerprint density at radius 1 is 1.08 bits per heavy atom. The molecule has 0 unspecified atom stereocenters. The molecule has 0 spiro atoms. The number of ether oxygens (including phenoxy) is 1. The van der Waals surface area contributed by atoms with Gasteiger partial charge in [0.1, 0.15) is 6.54 Å². The summed E-state index contributed by atoms with van der Waals surface area (Å²) in [5.74, 6) is -0.757. The number of nitrogens with zero attached hydrogens (tertiary/aromatic N) is 1. The molecule has 1 atom stereocenters. The van der Waals surface area contributed by atoms with Crippen molar-refractivity contribution in [2.75, 3.05) is 13.1 Å². The van der Waals surface area contributed by atoms with Crippen LogP contribution in [0.4, 0.5) is 0 Å². The molecule has 0 radical (unpaired) electrons. The normalized spacial score (nSPS) is 16.3. The fourth-order valence-corrected chi connectivity index (χ4v) is 3.09. The van der Waals surface area contributed by atoms with Crippen molar-refractivity contribution in [2.24, 2.45) is 0 Å². The highest BCUT2D eigenvalue weighted by Crippen LogP contribution is 2.18. The number of esters is 1. The smallest absolute Gasteiger partial charge is 0.326 e. The minimum Gasteiger partial charge on any atom is -0.453 e. The predicted octanol–water partition coefficient (Wildman–Crippen LogP) is 3.13. The first-order valence-corrected chi connectivity index (χ1v) is 8.89. The Balaban J connectivity index is 1.99. The number of aryl methyl sites for hydroxylation is 3. The molecule has 1 aromatic rings. The molecule has 1 fully saturated rings. The third kappa shape index (κ3) is 4.91. The number of benzene rings is 1. The van der Waals surface area contributed by atoms with Gasteiger partial charge < -0.3 is 9.64 Å². The Labute approximate surface area is 149 Å². The molecule has 0 bridgehead atoms. The minimum atomic E-state index is -0.865. The van der Waals surface area contributed by atoms with Gasteiger partial charge in [-0.15, -0.1) is 0 Å². The van der Waals surface area contributed by atoms with Crippen molar-refractivity contribution < 1.29 is 19.1 Å². The zero-order chi connectivity index (χ0) is 18.6. The number of carbonyl (C=O) groups is 3.